The fraction of sp³-hybridized carbons (Fsp3) is 0.571. The average molecular weight is 250 g/mol. The van der Waals surface area contributed by atoms with Gasteiger partial charge in [0.1, 0.15) is 5.75 Å². The van der Waals surface area contributed by atoms with Crippen LogP contribution >= 0.6 is 0 Å². The molecule has 4 heteroatoms. The zero-order valence-corrected chi connectivity index (χ0v) is 11.0. The molecule has 1 aromatic rings. The molecule has 0 aliphatic carbocycles. The monoisotopic (exact) mass is 250 g/mol. The maximum absolute atomic E-state index is 5.58. The number of nitrogens with one attached hydrogen (secondary N) is 1. The van der Waals surface area contributed by atoms with E-state index in [1.165, 1.54) is 0 Å². The van der Waals surface area contributed by atoms with E-state index in [0.29, 0.717) is 6.61 Å². The van der Waals surface area contributed by atoms with Gasteiger partial charge in [0.05, 0.1) is 25.5 Å². The van der Waals surface area contributed by atoms with Crippen molar-refractivity contribution in [2.45, 2.75) is 6.92 Å². The molecule has 18 heavy (non-hydrogen) atoms. The predicted octanol–water partition coefficient (Wildman–Crippen LogP) is 1.83. The number of para-hydroxylation sites is 2. The van der Waals surface area contributed by atoms with E-state index in [-0.39, 0.29) is 0 Å². The van der Waals surface area contributed by atoms with Gasteiger partial charge in [0, 0.05) is 26.2 Å². The van der Waals surface area contributed by atoms with E-state index >= 15 is 0 Å². The number of rotatable bonds is 6. The van der Waals surface area contributed by atoms with Crippen LogP contribution in [0.1, 0.15) is 6.92 Å². The van der Waals surface area contributed by atoms with Gasteiger partial charge >= 0.3 is 0 Å². The molecule has 0 amide bonds. The first-order valence-corrected chi connectivity index (χ1v) is 6.66. The van der Waals surface area contributed by atoms with E-state index < -0.39 is 0 Å². The molecular formula is C14H22N2O2. The highest BCUT2D eigenvalue weighted by Gasteiger charge is 2.09. The molecule has 1 fully saturated rings. The summed E-state index contributed by atoms with van der Waals surface area (Å²) in [6, 6.07) is 8.09. The van der Waals surface area contributed by atoms with E-state index in [4.69, 9.17) is 9.47 Å². The number of anilines is 1. The van der Waals surface area contributed by atoms with Crippen LogP contribution in [-0.4, -0.2) is 50.9 Å². The van der Waals surface area contributed by atoms with E-state index in [1.807, 2.05) is 25.1 Å². The number of hydrogen-bond donors (Lipinski definition) is 1. The number of benzene rings is 1. The van der Waals surface area contributed by atoms with E-state index in [1.54, 1.807) is 0 Å². The van der Waals surface area contributed by atoms with Crippen LogP contribution in [0.4, 0.5) is 5.69 Å². The molecule has 0 atom stereocenters. The fourth-order valence-electron chi connectivity index (χ4n) is 2.07. The molecule has 1 aliphatic heterocycles. The molecule has 1 aliphatic rings. The van der Waals surface area contributed by atoms with E-state index in [9.17, 15) is 0 Å². The molecule has 1 aromatic carbocycles. The molecule has 100 valence electrons. The standard InChI is InChI=1S/C14H22N2O2/c1-2-18-14-6-4-3-5-13(14)15-7-8-16-9-11-17-12-10-16/h3-6,15H,2,7-12H2,1H3. The lowest BCUT2D eigenvalue weighted by molar-refractivity contribution is 0.0398. The second-order valence-corrected chi connectivity index (χ2v) is 4.31. The van der Waals surface area contributed by atoms with Crippen molar-refractivity contribution in [2.75, 3.05) is 51.3 Å². The summed E-state index contributed by atoms with van der Waals surface area (Å²) in [5, 5.41) is 3.44. The number of morpholine rings is 1. The quantitative estimate of drug-likeness (QED) is 0.835. The molecule has 2 rings (SSSR count). The Hall–Kier alpha value is -1.26. The Morgan fingerprint density at radius 3 is 2.83 bits per heavy atom. The van der Waals surface area contributed by atoms with Crippen molar-refractivity contribution >= 4 is 5.69 Å². The number of ether oxygens (including phenoxy) is 2. The van der Waals surface area contributed by atoms with Crippen LogP contribution < -0.4 is 10.1 Å². The summed E-state index contributed by atoms with van der Waals surface area (Å²) in [5.74, 6) is 0.932. The Balaban J connectivity index is 1.78. The van der Waals surface area contributed by atoms with Gasteiger partial charge in [0.15, 0.2) is 0 Å². The Bertz CT molecular complexity index is 351. The Kier molecular flexibility index (Phi) is 5.30. The zero-order chi connectivity index (χ0) is 12.6. The summed E-state index contributed by atoms with van der Waals surface area (Å²) in [6.07, 6.45) is 0. The molecule has 0 radical (unpaired) electrons. The van der Waals surface area contributed by atoms with Crippen molar-refractivity contribution in [2.24, 2.45) is 0 Å². The molecule has 0 saturated carbocycles. The molecule has 1 heterocycles. The van der Waals surface area contributed by atoms with Gasteiger partial charge in [-0.05, 0) is 19.1 Å². The third-order valence-electron chi connectivity index (χ3n) is 3.03. The molecule has 0 unspecified atom stereocenters. The molecule has 4 nitrogen and oxygen atoms in total. The van der Waals surface area contributed by atoms with Crippen molar-refractivity contribution in [3.63, 3.8) is 0 Å². The highest BCUT2D eigenvalue weighted by molar-refractivity contribution is 5.56. The average Bonchev–Trinajstić information content (AvgIpc) is 2.42. The zero-order valence-electron chi connectivity index (χ0n) is 11.0. The van der Waals surface area contributed by atoms with Crippen molar-refractivity contribution in [1.29, 1.82) is 0 Å². The van der Waals surface area contributed by atoms with Crippen molar-refractivity contribution < 1.29 is 9.47 Å². The van der Waals surface area contributed by atoms with Crippen LogP contribution in [0.25, 0.3) is 0 Å². The SMILES string of the molecule is CCOc1ccccc1NCCN1CCOCC1. The normalized spacial score (nSPS) is 16.5. The molecule has 1 saturated heterocycles. The minimum absolute atomic E-state index is 0.697. The molecule has 1 N–H and O–H groups in total. The minimum Gasteiger partial charge on any atom is -0.492 e. The third kappa shape index (κ3) is 3.89. The maximum atomic E-state index is 5.58. The second-order valence-electron chi connectivity index (χ2n) is 4.31. The van der Waals surface area contributed by atoms with Crippen LogP contribution in [0, 0.1) is 0 Å². The first kappa shape index (κ1) is 13.2. The predicted molar refractivity (Wildman–Crippen MR) is 73.4 cm³/mol. The molecule has 0 spiro atoms. The van der Waals surface area contributed by atoms with Gasteiger partial charge in [-0.1, -0.05) is 12.1 Å². The second kappa shape index (κ2) is 7.24. The Morgan fingerprint density at radius 2 is 2.06 bits per heavy atom. The lowest BCUT2D eigenvalue weighted by Gasteiger charge is -2.26. The third-order valence-corrected chi connectivity index (χ3v) is 3.03. The van der Waals surface area contributed by atoms with Crippen LogP contribution in [0.2, 0.25) is 0 Å². The lowest BCUT2D eigenvalue weighted by Crippen LogP contribution is -2.39. The first-order chi connectivity index (χ1) is 8.90. The van der Waals surface area contributed by atoms with Gasteiger partial charge in [-0.15, -0.1) is 0 Å². The summed E-state index contributed by atoms with van der Waals surface area (Å²) >= 11 is 0. The summed E-state index contributed by atoms with van der Waals surface area (Å²) in [5.41, 5.74) is 1.08. The summed E-state index contributed by atoms with van der Waals surface area (Å²) in [6.45, 7) is 8.47. The summed E-state index contributed by atoms with van der Waals surface area (Å²) in [7, 11) is 0. The summed E-state index contributed by atoms with van der Waals surface area (Å²) < 4.78 is 10.9. The minimum atomic E-state index is 0.697. The van der Waals surface area contributed by atoms with Gasteiger partial charge < -0.3 is 14.8 Å². The van der Waals surface area contributed by atoms with Crippen LogP contribution in [0.3, 0.4) is 0 Å². The van der Waals surface area contributed by atoms with Crippen LogP contribution in [-0.2, 0) is 4.74 Å². The first-order valence-electron chi connectivity index (χ1n) is 6.66. The topological polar surface area (TPSA) is 33.7 Å². The largest absolute Gasteiger partial charge is 0.492 e. The Labute approximate surface area is 109 Å². The number of hydrogen-bond acceptors (Lipinski definition) is 4. The highest BCUT2D eigenvalue weighted by atomic mass is 16.5. The fourth-order valence-corrected chi connectivity index (χ4v) is 2.07. The maximum Gasteiger partial charge on any atom is 0.142 e. The van der Waals surface area contributed by atoms with Crippen LogP contribution in [0.5, 0.6) is 5.75 Å². The lowest BCUT2D eigenvalue weighted by atomic mass is 10.3. The van der Waals surface area contributed by atoms with E-state index in [2.05, 4.69) is 16.3 Å². The van der Waals surface area contributed by atoms with Gasteiger partial charge in [-0.3, -0.25) is 4.90 Å². The highest BCUT2D eigenvalue weighted by Crippen LogP contribution is 2.23. The Morgan fingerprint density at radius 1 is 1.28 bits per heavy atom. The van der Waals surface area contributed by atoms with Gasteiger partial charge in [-0.25, -0.2) is 0 Å². The molecular weight excluding hydrogens is 228 g/mol. The number of nitrogens with zero attached hydrogens (tertiary/aromatic N) is 1. The van der Waals surface area contributed by atoms with Gasteiger partial charge in [0.2, 0.25) is 0 Å². The van der Waals surface area contributed by atoms with Crippen molar-refractivity contribution in [3.8, 4) is 5.75 Å². The van der Waals surface area contributed by atoms with Gasteiger partial charge in [0.25, 0.3) is 0 Å². The van der Waals surface area contributed by atoms with Crippen molar-refractivity contribution in [3.05, 3.63) is 24.3 Å². The molecule has 0 bridgehead atoms. The molecule has 0 aromatic heterocycles. The van der Waals surface area contributed by atoms with E-state index in [0.717, 1.165) is 50.8 Å². The van der Waals surface area contributed by atoms with Crippen LogP contribution in [0.15, 0.2) is 24.3 Å². The smallest absolute Gasteiger partial charge is 0.142 e. The summed E-state index contributed by atoms with van der Waals surface area (Å²) in [4.78, 5) is 2.42. The van der Waals surface area contributed by atoms with Gasteiger partial charge in [-0.2, -0.15) is 0 Å². The van der Waals surface area contributed by atoms with Crippen molar-refractivity contribution in [1.82, 2.24) is 4.90 Å².